The first-order chi connectivity index (χ1) is 5.77. The third kappa shape index (κ3) is 1.06. The summed E-state index contributed by atoms with van der Waals surface area (Å²) in [7, 11) is 0. The summed E-state index contributed by atoms with van der Waals surface area (Å²) in [5.74, 6) is -0.379. The molecule has 2 rings (SSSR count). The molecule has 2 heterocycles. The fourth-order valence-corrected chi connectivity index (χ4v) is 1.14. The first kappa shape index (κ1) is 7.24. The van der Waals surface area contributed by atoms with E-state index in [4.69, 9.17) is 12.2 Å². The van der Waals surface area contributed by atoms with Crippen molar-refractivity contribution in [1.82, 2.24) is 4.98 Å². The van der Waals surface area contributed by atoms with Crippen LogP contribution in [0.5, 0.6) is 0 Å². The first-order valence-electron chi connectivity index (χ1n) is 3.37. The molecule has 0 N–H and O–H groups in total. The Labute approximate surface area is 73.5 Å². The Morgan fingerprint density at radius 3 is 3.08 bits per heavy atom. The summed E-state index contributed by atoms with van der Waals surface area (Å²) in [6, 6.07) is 3.60. The average Bonchev–Trinajstić information content (AvgIpc) is 2.07. The van der Waals surface area contributed by atoms with Crippen LogP contribution < -0.4 is 10.7 Å². The van der Waals surface area contributed by atoms with E-state index in [0.717, 1.165) is 5.22 Å². The van der Waals surface area contributed by atoms with E-state index in [1.165, 1.54) is 0 Å². The summed E-state index contributed by atoms with van der Waals surface area (Å²) in [6.07, 6.45) is 3.21. The van der Waals surface area contributed by atoms with Crippen molar-refractivity contribution < 1.29 is 4.79 Å². The molecular formula is C8H4N2OS. The highest BCUT2D eigenvalue weighted by Crippen LogP contribution is 1.87. The number of rotatable bonds is 0. The lowest BCUT2D eigenvalue weighted by Crippen LogP contribution is -2.35. The van der Waals surface area contributed by atoms with Crippen LogP contribution in [0, 0.1) is 0 Å². The number of aromatic nitrogens is 1. The number of nitrogens with zero attached hydrogens (tertiary/aromatic N) is 2. The molecule has 3 nitrogen and oxygen atoms in total. The molecule has 1 aromatic rings. The minimum absolute atomic E-state index is 0.246. The minimum Gasteiger partial charge on any atom is -0.266 e. The van der Waals surface area contributed by atoms with Gasteiger partial charge in [0.2, 0.25) is 0 Å². The molecule has 1 aliphatic rings. The summed E-state index contributed by atoms with van der Waals surface area (Å²) in [5, 5.41) is 0.808. The highest BCUT2D eigenvalue weighted by molar-refractivity contribution is 7.83. The molecule has 0 saturated heterocycles. The van der Waals surface area contributed by atoms with Crippen LogP contribution in [0.25, 0.3) is 6.08 Å². The minimum atomic E-state index is -0.379. The third-order valence-corrected chi connectivity index (χ3v) is 1.81. The molecule has 0 atom stereocenters. The van der Waals surface area contributed by atoms with Gasteiger partial charge in [-0.3, -0.25) is 4.79 Å². The van der Waals surface area contributed by atoms with E-state index in [1.54, 1.807) is 18.3 Å². The van der Waals surface area contributed by atoms with Gasteiger partial charge in [0, 0.05) is 11.4 Å². The molecule has 0 radical (unpaired) electrons. The van der Waals surface area contributed by atoms with Crippen LogP contribution in [0.15, 0.2) is 23.3 Å². The van der Waals surface area contributed by atoms with E-state index in [2.05, 4.69) is 9.98 Å². The molecule has 1 aliphatic heterocycles. The number of amides is 1. The maximum atomic E-state index is 11.0. The summed E-state index contributed by atoms with van der Waals surface area (Å²) < 4.78 is 0. The fraction of sp³-hybridized carbons (Fsp3) is 0. The van der Waals surface area contributed by atoms with Gasteiger partial charge < -0.3 is 0 Å². The molecule has 58 valence electrons. The number of fused-ring (bicyclic) bond motifs is 1. The van der Waals surface area contributed by atoms with E-state index >= 15 is 0 Å². The van der Waals surface area contributed by atoms with E-state index in [9.17, 15) is 4.79 Å². The second kappa shape index (κ2) is 2.57. The molecule has 0 bridgehead atoms. The number of carbonyl (C=O) groups excluding carboxylic acids is 1. The Morgan fingerprint density at radius 2 is 2.25 bits per heavy atom. The van der Waals surface area contributed by atoms with Crippen LogP contribution >= 0.6 is 12.2 Å². The molecule has 1 amide bonds. The Hall–Kier alpha value is -1.42. The lowest BCUT2D eigenvalue weighted by atomic mass is 10.2. The first-order valence-corrected chi connectivity index (χ1v) is 3.78. The van der Waals surface area contributed by atoms with Crippen molar-refractivity contribution in [3.63, 3.8) is 0 Å². The Bertz CT molecular complexity index is 433. The van der Waals surface area contributed by atoms with Gasteiger partial charge in [-0.1, -0.05) is 12.2 Å². The zero-order chi connectivity index (χ0) is 8.55. The Balaban J connectivity index is 2.87. The smallest absolute Gasteiger partial charge is 0.266 e. The predicted molar refractivity (Wildman–Crippen MR) is 47.1 cm³/mol. The van der Waals surface area contributed by atoms with E-state index < -0.39 is 0 Å². The van der Waals surface area contributed by atoms with Crippen LogP contribution in [0.3, 0.4) is 0 Å². The molecule has 1 aromatic heterocycles. The normalized spacial score (nSPS) is 14.7. The Morgan fingerprint density at radius 1 is 1.42 bits per heavy atom. The quantitative estimate of drug-likeness (QED) is 0.495. The van der Waals surface area contributed by atoms with Crippen molar-refractivity contribution in [2.75, 3.05) is 0 Å². The number of carbonyl (C=O) groups is 1. The number of hydrogen-bond acceptors (Lipinski definition) is 3. The predicted octanol–water partition coefficient (Wildman–Crippen LogP) is -0.608. The largest absolute Gasteiger partial charge is 0.289 e. The summed E-state index contributed by atoms with van der Waals surface area (Å²) >= 11 is 4.78. The van der Waals surface area contributed by atoms with Gasteiger partial charge in [-0.2, -0.15) is 4.99 Å². The van der Waals surface area contributed by atoms with E-state index in [1.807, 2.05) is 6.07 Å². The van der Waals surface area contributed by atoms with Crippen molar-refractivity contribution in [2.45, 2.75) is 0 Å². The molecule has 0 saturated carbocycles. The van der Waals surface area contributed by atoms with Gasteiger partial charge in [0.25, 0.3) is 5.91 Å². The van der Waals surface area contributed by atoms with Gasteiger partial charge in [0.15, 0.2) is 5.49 Å². The maximum Gasteiger partial charge on any atom is 0.289 e. The molecule has 0 fully saturated rings. The molecule has 0 aromatic carbocycles. The van der Waals surface area contributed by atoms with Crippen molar-refractivity contribution in [1.29, 1.82) is 0 Å². The lowest BCUT2D eigenvalue weighted by molar-refractivity contribution is -0.111. The van der Waals surface area contributed by atoms with Crippen LogP contribution in [0.4, 0.5) is 0 Å². The molecule has 0 aliphatic carbocycles. The topological polar surface area (TPSA) is 42.3 Å². The second-order valence-corrected chi connectivity index (χ2v) is 2.78. The third-order valence-electron chi connectivity index (χ3n) is 1.52. The standard InChI is InChI=1S/C8H4N2OS/c11-8-6(12)4-5-2-1-3-9-7(5)10-8/h1-4H. The van der Waals surface area contributed by atoms with Crippen molar-refractivity contribution >= 4 is 29.1 Å². The van der Waals surface area contributed by atoms with Crippen LogP contribution in [0.2, 0.25) is 0 Å². The number of thiocarbonyl (C=S) groups is 1. The molecule has 0 spiro atoms. The van der Waals surface area contributed by atoms with E-state index in [-0.39, 0.29) is 10.8 Å². The summed E-state index contributed by atoms with van der Waals surface area (Å²) in [4.78, 5) is 18.9. The second-order valence-electron chi connectivity index (χ2n) is 2.34. The van der Waals surface area contributed by atoms with Gasteiger partial charge in [-0.15, -0.1) is 0 Å². The maximum absolute atomic E-state index is 11.0. The zero-order valence-corrected chi connectivity index (χ0v) is 6.84. The van der Waals surface area contributed by atoms with Gasteiger partial charge >= 0.3 is 0 Å². The Kier molecular flexibility index (Phi) is 1.55. The van der Waals surface area contributed by atoms with Gasteiger partial charge in [-0.25, -0.2) is 4.98 Å². The van der Waals surface area contributed by atoms with Gasteiger partial charge in [0.05, 0.1) is 0 Å². The highest BCUT2D eigenvalue weighted by Gasteiger charge is 2.08. The highest BCUT2D eigenvalue weighted by atomic mass is 32.1. The number of pyridine rings is 1. The molecule has 12 heavy (non-hydrogen) atoms. The van der Waals surface area contributed by atoms with Crippen molar-refractivity contribution in [2.24, 2.45) is 4.99 Å². The fourth-order valence-electron chi connectivity index (χ4n) is 0.970. The molecule has 0 unspecified atom stereocenters. The molecule has 4 heteroatoms. The SMILES string of the molecule is O=C1N=c2ncccc2=CC1=S. The van der Waals surface area contributed by atoms with E-state index in [0.29, 0.717) is 5.49 Å². The lowest BCUT2D eigenvalue weighted by Gasteiger charge is -1.96. The summed E-state index contributed by atoms with van der Waals surface area (Å²) in [6.45, 7) is 0. The summed E-state index contributed by atoms with van der Waals surface area (Å²) in [5.41, 5.74) is 0.455. The van der Waals surface area contributed by atoms with Crippen LogP contribution in [-0.2, 0) is 4.79 Å². The monoisotopic (exact) mass is 176 g/mol. The van der Waals surface area contributed by atoms with Crippen molar-refractivity contribution in [3.8, 4) is 0 Å². The van der Waals surface area contributed by atoms with Gasteiger partial charge in [0.1, 0.15) is 4.86 Å². The van der Waals surface area contributed by atoms with Crippen LogP contribution in [-0.4, -0.2) is 15.8 Å². The number of hydrogen-bond donors (Lipinski definition) is 0. The zero-order valence-electron chi connectivity index (χ0n) is 6.02. The van der Waals surface area contributed by atoms with Crippen LogP contribution in [0.1, 0.15) is 0 Å². The van der Waals surface area contributed by atoms with Crippen molar-refractivity contribution in [3.05, 3.63) is 29.0 Å². The molecular weight excluding hydrogens is 172 g/mol. The van der Waals surface area contributed by atoms with Gasteiger partial charge in [-0.05, 0) is 18.2 Å². The average molecular weight is 176 g/mol.